The summed E-state index contributed by atoms with van der Waals surface area (Å²) >= 11 is 0. The number of carbonyl (C=O) groups is 2. The fourth-order valence-electron chi connectivity index (χ4n) is 3.56. The second-order valence-corrected chi connectivity index (χ2v) is 7.70. The van der Waals surface area contributed by atoms with Crippen LogP contribution >= 0.6 is 0 Å². The summed E-state index contributed by atoms with van der Waals surface area (Å²) in [7, 11) is 0. The summed E-state index contributed by atoms with van der Waals surface area (Å²) in [6.07, 6.45) is 0.532. The first-order valence-electron chi connectivity index (χ1n) is 11.5. The van der Waals surface area contributed by atoms with E-state index in [0.717, 1.165) is 16.7 Å². The molecule has 3 rings (SSSR count). The Bertz CT molecular complexity index is 1040. The molecule has 3 aromatic rings. The summed E-state index contributed by atoms with van der Waals surface area (Å²) in [4.78, 5) is 23.6. The maximum absolute atomic E-state index is 12.0. The van der Waals surface area contributed by atoms with E-state index in [1.807, 2.05) is 91.0 Å². The summed E-state index contributed by atoms with van der Waals surface area (Å²) in [6.45, 7) is 2.91. The molecule has 0 radical (unpaired) electrons. The third-order valence-corrected chi connectivity index (χ3v) is 5.23. The van der Waals surface area contributed by atoms with E-state index in [1.54, 1.807) is 13.0 Å². The zero-order valence-corrected chi connectivity index (χ0v) is 19.7. The average molecular weight is 475 g/mol. The Morgan fingerprint density at radius 1 is 0.800 bits per heavy atom. The van der Waals surface area contributed by atoms with Crippen LogP contribution in [0, 0.1) is 0 Å². The minimum Gasteiger partial charge on any atom is -0.463 e. The number of ether oxygens (including phenoxy) is 4. The van der Waals surface area contributed by atoms with Crippen LogP contribution in [0.1, 0.15) is 29.7 Å². The fourth-order valence-corrected chi connectivity index (χ4v) is 3.56. The summed E-state index contributed by atoms with van der Waals surface area (Å²) in [5.41, 5.74) is 2.73. The van der Waals surface area contributed by atoms with E-state index in [1.165, 1.54) is 6.08 Å². The molecule has 0 aliphatic rings. The summed E-state index contributed by atoms with van der Waals surface area (Å²) in [6, 6.07) is 28.8. The van der Waals surface area contributed by atoms with Gasteiger partial charge in [-0.05, 0) is 29.7 Å². The van der Waals surface area contributed by atoms with Gasteiger partial charge in [-0.25, -0.2) is 4.79 Å². The molecule has 182 valence electrons. The first kappa shape index (κ1) is 25.9. The molecule has 0 N–H and O–H groups in total. The van der Waals surface area contributed by atoms with E-state index in [9.17, 15) is 9.59 Å². The van der Waals surface area contributed by atoms with E-state index in [-0.39, 0.29) is 13.2 Å². The van der Waals surface area contributed by atoms with Gasteiger partial charge in [0.25, 0.3) is 6.47 Å². The van der Waals surface area contributed by atoms with E-state index in [0.29, 0.717) is 13.1 Å². The minimum atomic E-state index is -0.868. The Morgan fingerprint density at radius 2 is 1.34 bits per heavy atom. The maximum Gasteiger partial charge on any atom is 0.330 e. The van der Waals surface area contributed by atoms with Crippen LogP contribution in [0.4, 0.5) is 0 Å². The van der Waals surface area contributed by atoms with Crippen molar-refractivity contribution < 1.29 is 28.5 Å². The molecule has 0 aliphatic carbocycles. The first-order valence-corrected chi connectivity index (χ1v) is 11.5. The van der Waals surface area contributed by atoms with E-state index < -0.39 is 24.3 Å². The Balaban J connectivity index is 1.91. The number of esters is 1. The Kier molecular flexibility index (Phi) is 10.7. The van der Waals surface area contributed by atoms with Gasteiger partial charge in [-0.1, -0.05) is 91.0 Å². The van der Waals surface area contributed by atoms with Crippen LogP contribution in [0.5, 0.6) is 0 Å². The third-order valence-electron chi connectivity index (χ3n) is 5.23. The molecule has 6 heteroatoms. The molecular weight excluding hydrogens is 444 g/mol. The van der Waals surface area contributed by atoms with E-state index >= 15 is 0 Å². The SMILES string of the molecule is CCOC(=O)/C=C/[C@@H](OCc1ccccc1)[C@H](OC=O)[C@H](OCc1ccccc1)c1ccccc1. The fraction of sp³-hybridized carbons (Fsp3) is 0.241. The molecule has 0 aromatic heterocycles. The van der Waals surface area contributed by atoms with Crippen LogP contribution in [0.2, 0.25) is 0 Å². The van der Waals surface area contributed by atoms with Crippen LogP contribution in [0.3, 0.4) is 0 Å². The van der Waals surface area contributed by atoms with Crippen molar-refractivity contribution in [3.05, 3.63) is 120 Å². The molecule has 0 spiro atoms. The van der Waals surface area contributed by atoms with Gasteiger partial charge in [0.2, 0.25) is 0 Å². The zero-order chi connectivity index (χ0) is 24.7. The molecule has 0 aliphatic heterocycles. The van der Waals surface area contributed by atoms with Crippen LogP contribution < -0.4 is 0 Å². The van der Waals surface area contributed by atoms with E-state index in [2.05, 4.69) is 0 Å². The van der Waals surface area contributed by atoms with E-state index in [4.69, 9.17) is 18.9 Å². The quantitative estimate of drug-likeness (QED) is 0.182. The number of rotatable bonds is 14. The van der Waals surface area contributed by atoms with Gasteiger partial charge in [-0.15, -0.1) is 0 Å². The van der Waals surface area contributed by atoms with Crippen molar-refractivity contribution in [1.29, 1.82) is 0 Å². The largest absolute Gasteiger partial charge is 0.463 e. The number of benzene rings is 3. The van der Waals surface area contributed by atoms with Gasteiger partial charge >= 0.3 is 5.97 Å². The van der Waals surface area contributed by atoms with Crippen molar-refractivity contribution >= 4 is 12.4 Å². The highest BCUT2D eigenvalue weighted by Gasteiger charge is 2.33. The molecule has 0 bridgehead atoms. The average Bonchev–Trinajstić information content (AvgIpc) is 2.90. The molecule has 0 fully saturated rings. The van der Waals surface area contributed by atoms with Gasteiger partial charge in [-0.2, -0.15) is 0 Å². The lowest BCUT2D eigenvalue weighted by atomic mass is 9.99. The van der Waals surface area contributed by atoms with Crippen molar-refractivity contribution in [2.75, 3.05) is 6.61 Å². The molecule has 0 saturated carbocycles. The van der Waals surface area contributed by atoms with Gasteiger partial charge in [0, 0.05) is 6.08 Å². The molecule has 0 heterocycles. The topological polar surface area (TPSA) is 71.1 Å². The van der Waals surface area contributed by atoms with Gasteiger partial charge in [0.05, 0.1) is 19.8 Å². The molecule has 0 unspecified atom stereocenters. The highest BCUT2D eigenvalue weighted by Crippen LogP contribution is 2.29. The van der Waals surface area contributed by atoms with Crippen LogP contribution in [-0.4, -0.2) is 31.3 Å². The highest BCUT2D eigenvalue weighted by molar-refractivity contribution is 5.82. The molecule has 3 aromatic carbocycles. The van der Waals surface area contributed by atoms with Crippen molar-refractivity contribution in [3.63, 3.8) is 0 Å². The van der Waals surface area contributed by atoms with Gasteiger partial charge in [0.15, 0.2) is 6.10 Å². The van der Waals surface area contributed by atoms with Crippen molar-refractivity contribution in [3.8, 4) is 0 Å². The predicted octanol–water partition coefficient (Wildman–Crippen LogP) is 5.19. The lowest BCUT2D eigenvalue weighted by molar-refractivity contribution is -0.158. The lowest BCUT2D eigenvalue weighted by Crippen LogP contribution is -2.37. The number of hydrogen-bond donors (Lipinski definition) is 0. The monoisotopic (exact) mass is 474 g/mol. The molecule has 6 nitrogen and oxygen atoms in total. The number of carbonyl (C=O) groups excluding carboxylic acids is 2. The molecular formula is C29H30O6. The molecule has 0 saturated heterocycles. The van der Waals surface area contributed by atoms with Crippen molar-refractivity contribution in [2.45, 2.75) is 38.4 Å². The first-order chi connectivity index (χ1) is 17.2. The zero-order valence-electron chi connectivity index (χ0n) is 19.7. The second kappa shape index (κ2) is 14.5. The van der Waals surface area contributed by atoms with Gasteiger partial charge in [0.1, 0.15) is 12.2 Å². The van der Waals surface area contributed by atoms with Crippen molar-refractivity contribution in [2.24, 2.45) is 0 Å². The minimum absolute atomic E-state index is 0.248. The summed E-state index contributed by atoms with van der Waals surface area (Å²) in [5, 5.41) is 0. The Morgan fingerprint density at radius 3 is 1.89 bits per heavy atom. The third kappa shape index (κ3) is 8.52. The molecule has 35 heavy (non-hydrogen) atoms. The number of hydrogen-bond acceptors (Lipinski definition) is 6. The summed E-state index contributed by atoms with van der Waals surface area (Å²) < 4.78 is 23.0. The van der Waals surface area contributed by atoms with Gasteiger partial charge in [-0.3, -0.25) is 4.79 Å². The van der Waals surface area contributed by atoms with Gasteiger partial charge < -0.3 is 18.9 Å². The normalized spacial score (nSPS) is 13.6. The smallest absolute Gasteiger partial charge is 0.330 e. The summed E-state index contributed by atoms with van der Waals surface area (Å²) in [5.74, 6) is -0.507. The Labute approximate surface area is 206 Å². The lowest BCUT2D eigenvalue weighted by Gasteiger charge is -2.31. The maximum atomic E-state index is 12.0. The standard InChI is InChI=1S/C29H30O6/c1-2-32-27(31)19-18-26(33-20-23-12-6-3-7-13-23)29(35-22-30)28(25-16-10-5-11-17-25)34-21-24-14-8-4-9-15-24/h3-19,22,26,28-29H,2,20-21H2,1H3/b19-18+/t26-,28-,29+/m1/s1. The Hall–Kier alpha value is -3.74. The predicted molar refractivity (Wildman–Crippen MR) is 132 cm³/mol. The van der Waals surface area contributed by atoms with Crippen LogP contribution in [0.25, 0.3) is 0 Å². The van der Waals surface area contributed by atoms with Crippen LogP contribution in [0.15, 0.2) is 103 Å². The van der Waals surface area contributed by atoms with Crippen molar-refractivity contribution in [1.82, 2.24) is 0 Å². The van der Waals surface area contributed by atoms with Crippen LogP contribution in [-0.2, 0) is 41.8 Å². The second-order valence-electron chi connectivity index (χ2n) is 7.70. The highest BCUT2D eigenvalue weighted by atomic mass is 16.6. The molecule has 3 atom stereocenters. The molecule has 0 amide bonds.